The van der Waals surface area contributed by atoms with Crippen LogP contribution in [0.3, 0.4) is 0 Å². The summed E-state index contributed by atoms with van der Waals surface area (Å²) in [6.45, 7) is 13.9. The Morgan fingerprint density at radius 1 is 1.19 bits per heavy atom. The summed E-state index contributed by atoms with van der Waals surface area (Å²) >= 11 is 0. The van der Waals surface area contributed by atoms with Crippen molar-refractivity contribution in [2.24, 2.45) is 0 Å². The van der Waals surface area contributed by atoms with Gasteiger partial charge in [-0.1, -0.05) is 12.9 Å². The van der Waals surface area contributed by atoms with Crippen LogP contribution >= 0.6 is 0 Å². The van der Waals surface area contributed by atoms with Crippen molar-refractivity contribution >= 4 is 18.1 Å². The van der Waals surface area contributed by atoms with Crippen LogP contribution in [-0.2, 0) is 11.3 Å². The molecule has 0 bridgehead atoms. The predicted molar refractivity (Wildman–Crippen MR) is 84.7 cm³/mol. The molecule has 0 aromatic heterocycles. The first-order valence-corrected chi connectivity index (χ1v) is 6.99. The average molecular weight is 277 g/mol. The molecule has 0 unspecified atom stereocenters. The Morgan fingerprint density at radius 2 is 1.90 bits per heavy atom. The highest BCUT2D eigenvalue weighted by Crippen LogP contribution is 2.33. The van der Waals surface area contributed by atoms with E-state index in [-0.39, 0.29) is 6.92 Å². The smallest absolute Gasteiger partial charge is 0.324 e. The summed E-state index contributed by atoms with van der Waals surface area (Å²) in [5.41, 5.74) is 5.03. The van der Waals surface area contributed by atoms with E-state index in [0.29, 0.717) is 12.3 Å². The molecule has 1 aliphatic heterocycles. The van der Waals surface area contributed by atoms with Crippen LogP contribution in [0.15, 0.2) is 30.3 Å². The average Bonchev–Trinajstić information content (AvgIpc) is 2.83. The van der Waals surface area contributed by atoms with E-state index in [2.05, 4.69) is 17.7 Å². The van der Waals surface area contributed by atoms with Gasteiger partial charge in [-0.2, -0.15) is 0 Å². The Balaban J connectivity index is 1.93. The van der Waals surface area contributed by atoms with Crippen LogP contribution in [0.2, 0.25) is 6.82 Å². The quantitative estimate of drug-likeness (QED) is 0.611. The van der Waals surface area contributed by atoms with Gasteiger partial charge in [-0.05, 0) is 60.3 Å². The van der Waals surface area contributed by atoms with E-state index >= 15 is 0 Å². The van der Waals surface area contributed by atoms with Gasteiger partial charge in [-0.3, -0.25) is 0 Å². The number of hydrogen-bond donors (Lipinski definition) is 0. The molecule has 0 spiro atoms. The lowest BCUT2D eigenvalue weighted by Gasteiger charge is -2.13. The minimum Gasteiger partial charge on any atom is -0.457 e. The van der Waals surface area contributed by atoms with Crippen LogP contribution in [0, 0.1) is 20.4 Å². The molecular formula is C17H16BNO2. The molecule has 0 aliphatic carbocycles. The molecule has 1 aliphatic rings. The van der Waals surface area contributed by atoms with Gasteiger partial charge in [0.05, 0.1) is 13.2 Å². The van der Waals surface area contributed by atoms with E-state index < -0.39 is 0 Å². The molecular weight excluding hydrogens is 261 g/mol. The predicted octanol–water partition coefficient (Wildman–Crippen LogP) is 4.01. The Labute approximate surface area is 125 Å². The highest BCUT2D eigenvalue weighted by Gasteiger charge is 2.23. The zero-order chi connectivity index (χ0) is 15.0. The molecule has 0 atom stereocenters. The van der Waals surface area contributed by atoms with Crippen LogP contribution in [0.4, 0.5) is 5.69 Å². The van der Waals surface area contributed by atoms with E-state index in [4.69, 9.17) is 16.0 Å². The summed E-state index contributed by atoms with van der Waals surface area (Å²) < 4.78 is 11.7. The molecule has 0 fully saturated rings. The zero-order valence-electron chi connectivity index (χ0n) is 12.4. The summed E-state index contributed by atoms with van der Waals surface area (Å²) in [6, 6.07) is 9.80. The first-order chi connectivity index (χ1) is 10.1. The van der Waals surface area contributed by atoms with Gasteiger partial charge >= 0.3 is 6.92 Å². The topological polar surface area (TPSA) is 22.8 Å². The van der Waals surface area contributed by atoms with Crippen LogP contribution < -0.4 is 10.2 Å². The molecule has 2 aromatic carbocycles. The fourth-order valence-corrected chi connectivity index (χ4v) is 2.74. The molecule has 1 heterocycles. The van der Waals surface area contributed by atoms with Crippen LogP contribution in [0.1, 0.15) is 16.7 Å². The zero-order valence-corrected chi connectivity index (χ0v) is 12.4. The van der Waals surface area contributed by atoms with Gasteiger partial charge in [-0.15, -0.1) is 0 Å². The first-order valence-electron chi connectivity index (χ1n) is 6.99. The molecule has 0 saturated heterocycles. The monoisotopic (exact) mass is 277 g/mol. The minimum absolute atomic E-state index is 0.162. The Morgan fingerprint density at radius 3 is 2.57 bits per heavy atom. The molecule has 21 heavy (non-hydrogen) atoms. The molecule has 2 aromatic rings. The summed E-state index contributed by atoms with van der Waals surface area (Å²) in [6.07, 6.45) is 0. The lowest BCUT2D eigenvalue weighted by molar-refractivity contribution is 0.333. The molecule has 104 valence electrons. The number of benzene rings is 2. The van der Waals surface area contributed by atoms with Crippen molar-refractivity contribution in [3.8, 4) is 11.5 Å². The summed E-state index contributed by atoms with van der Waals surface area (Å²) in [7, 11) is 0. The number of nitrogens with zero attached hydrogens (tertiary/aromatic N) is 1. The maximum absolute atomic E-state index is 7.10. The van der Waals surface area contributed by atoms with Crippen LogP contribution in [0.25, 0.3) is 4.85 Å². The number of ether oxygens (including phenoxy) is 1. The summed E-state index contributed by atoms with van der Waals surface area (Å²) in [4.78, 5) is 3.47. The van der Waals surface area contributed by atoms with Gasteiger partial charge in [0.1, 0.15) is 11.5 Å². The van der Waals surface area contributed by atoms with E-state index in [1.54, 1.807) is 0 Å². The van der Waals surface area contributed by atoms with Crippen molar-refractivity contribution in [3.05, 3.63) is 58.4 Å². The second-order valence-corrected chi connectivity index (χ2v) is 5.44. The molecule has 0 amide bonds. The molecule has 0 N–H and O–H groups in total. The van der Waals surface area contributed by atoms with Gasteiger partial charge in [0.15, 0.2) is 5.69 Å². The van der Waals surface area contributed by atoms with E-state index in [0.717, 1.165) is 22.6 Å². The third kappa shape index (κ3) is 2.53. The maximum Gasteiger partial charge on any atom is 0.324 e. The van der Waals surface area contributed by atoms with E-state index in [9.17, 15) is 0 Å². The van der Waals surface area contributed by atoms with Gasteiger partial charge in [0.25, 0.3) is 0 Å². The summed E-state index contributed by atoms with van der Waals surface area (Å²) in [5.74, 6) is 1.64. The molecule has 3 rings (SSSR count). The molecule has 3 nitrogen and oxygen atoms in total. The van der Waals surface area contributed by atoms with Crippen molar-refractivity contribution in [1.82, 2.24) is 0 Å². The lowest BCUT2D eigenvalue weighted by Crippen LogP contribution is -2.23. The minimum atomic E-state index is 0.162. The molecule has 4 heteroatoms. The van der Waals surface area contributed by atoms with Crippen molar-refractivity contribution in [3.63, 3.8) is 0 Å². The number of fused-ring (bicyclic) bond motifs is 1. The highest BCUT2D eigenvalue weighted by molar-refractivity contribution is 6.67. The van der Waals surface area contributed by atoms with Crippen LogP contribution in [-0.4, -0.2) is 6.92 Å². The summed E-state index contributed by atoms with van der Waals surface area (Å²) in [5, 5.41) is 0. The normalized spacial score (nSPS) is 13.0. The largest absolute Gasteiger partial charge is 0.457 e. The van der Waals surface area contributed by atoms with Crippen molar-refractivity contribution < 1.29 is 9.39 Å². The first kappa shape index (κ1) is 13.7. The van der Waals surface area contributed by atoms with Crippen molar-refractivity contribution in [2.75, 3.05) is 0 Å². The third-order valence-corrected chi connectivity index (χ3v) is 3.84. The van der Waals surface area contributed by atoms with Crippen LogP contribution in [0.5, 0.6) is 11.5 Å². The Kier molecular flexibility index (Phi) is 3.44. The SMILES string of the molecule is [C-]#[N+]c1cc(C)c(Oc2ccc3c(c2)COB3C)c(C)c1. The van der Waals surface area contributed by atoms with E-state index in [1.165, 1.54) is 11.0 Å². The fraction of sp³-hybridized carbons (Fsp3) is 0.235. The third-order valence-electron chi connectivity index (χ3n) is 3.84. The van der Waals surface area contributed by atoms with Gasteiger partial charge in [0, 0.05) is 0 Å². The maximum atomic E-state index is 7.10. The second kappa shape index (κ2) is 5.27. The van der Waals surface area contributed by atoms with Gasteiger partial charge < -0.3 is 9.39 Å². The fourth-order valence-electron chi connectivity index (χ4n) is 2.74. The van der Waals surface area contributed by atoms with Crippen molar-refractivity contribution in [1.29, 1.82) is 0 Å². The Hall–Kier alpha value is -2.25. The number of rotatable bonds is 2. The highest BCUT2D eigenvalue weighted by atomic mass is 16.5. The number of hydrogen-bond acceptors (Lipinski definition) is 2. The molecule has 0 saturated carbocycles. The standard InChI is InChI=1S/C17H16BNO2/c1-11-7-14(19-4)8-12(2)17(11)21-15-5-6-16-13(9-15)10-20-18(16)3/h5-9H,10H2,1-3H3. The number of aryl methyl sites for hydroxylation is 2. The second-order valence-electron chi connectivity index (χ2n) is 5.44. The van der Waals surface area contributed by atoms with Gasteiger partial charge in [0.2, 0.25) is 0 Å². The lowest BCUT2D eigenvalue weighted by atomic mass is 9.64. The van der Waals surface area contributed by atoms with Crippen molar-refractivity contribution in [2.45, 2.75) is 27.3 Å². The molecule has 0 radical (unpaired) electrons. The van der Waals surface area contributed by atoms with Gasteiger partial charge in [-0.25, -0.2) is 4.85 Å². The van der Waals surface area contributed by atoms with E-state index in [1.807, 2.05) is 38.1 Å². The Bertz CT molecular complexity index is 726.